The van der Waals surface area contributed by atoms with Crippen molar-refractivity contribution in [3.05, 3.63) is 57.2 Å². The molecule has 0 radical (unpaired) electrons. The van der Waals surface area contributed by atoms with Gasteiger partial charge >= 0.3 is 0 Å². The first-order valence-corrected chi connectivity index (χ1v) is 10.6. The third kappa shape index (κ3) is 4.76. The lowest BCUT2D eigenvalue weighted by molar-refractivity contribution is 0.654. The largest absolute Gasteiger partial charge is 0.455 e. The van der Waals surface area contributed by atoms with Crippen molar-refractivity contribution in [2.45, 2.75) is 59.3 Å². The van der Waals surface area contributed by atoms with Gasteiger partial charge in [-0.3, -0.25) is 4.79 Å². The Balaban J connectivity index is 2.19. The van der Waals surface area contributed by atoms with Crippen LogP contribution in [0.2, 0.25) is 0 Å². The van der Waals surface area contributed by atoms with Crippen LogP contribution in [0.15, 0.2) is 39.5 Å². The fourth-order valence-corrected chi connectivity index (χ4v) is 3.38. The summed E-state index contributed by atoms with van der Waals surface area (Å²) >= 11 is 0. The topological polar surface area (TPSA) is 30.2 Å². The summed E-state index contributed by atoms with van der Waals surface area (Å²) in [6.45, 7) is 6.09. The lowest BCUT2D eigenvalue weighted by Crippen LogP contribution is -2.06. The van der Waals surface area contributed by atoms with Gasteiger partial charge in [-0.05, 0) is 29.3 Å². The number of hydrogen-bond acceptors (Lipinski definition) is 2. The number of benzene rings is 2. The molecule has 150 valence electrons. The Labute approximate surface area is 178 Å². The van der Waals surface area contributed by atoms with Crippen molar-refractivity contribution in [2.24, 2.45) is 0 Å². The minimum absolute atomic E-state index is 0.00700. The zero-order chi connectivity index (χ0) is 21.3. The van der Waals surface area contributed by atoms with Crippen LogP contribution in [0.5, 0.6) is 0 Å². The second kappa shape index (κ2) is 10.4. The standard InChI is InChI=1S/C28H26O2/c1-4-7-10-13-21-16-19-26-25(20-21)27(29)24-18-17-22(14-11-8-5-2)23(28(24)30-26)15-12-9-6-3/h16-20H,4-6,13-15H2,1-3H3. The van der Waals surface area contributed by atoms with Gasteiger partial charge in [0.15, 0.2) is 0 Å². The monoisotopic (exact) mass is 394 g/mol. The van der Waals surface area contributed by atoms with E-state index in [-0.39, 0.29) is 5.43 Å². The predicted molar refractivity (Wildman–Crippen MR) is 125 cm³/mol. The lowest BCUT2D eigenvalue weighted by Gasteiger charge is -2.10. The highest BCUT2D eigenvalue weighted by molar-refractivity contribution is 5.92. The average molecular weight is 395 g/mol. The van der Waals surface area contributed by atoms with E-state index in [0.717, 1.165) is 36.0 Å². The van der Waals surface area contributed by atoms with E-state index in [1.54, 1.807) is 0 Å². The maximum atomic E-state index is 13.3. The van der Waals surface area contributed by atoms with E-state index in [1.807, 2.05) is 51.1 Å². The van der Waals surface area contributed by atoms with E-state index >= 15 is 0 Å². The van der Waals surface area contributed by atoms with Crippen molar-refractivity contribution >= 4 is 21.9 Å². The van der Waals surface area contributed by atoms with E-state index in [1.165, 1.54) is 0 Å². The molecule has 0 aliphatic rings. The van der Waals surface area contributed by atoms with Crippen LogP contribution in [0.3, 0.4) is 0 Å². The fraction of sp³-hybridized carbons (Fsp3) is 0.321. The van der Waals surface area contributed by atoms with E-state index in [9.17, 15) is 4.79 Å². The van der Waals surface area contributed by atoms with Gasteiger partial charge in [-0.2, -0.15) is 0 Å². The third-order valence-electron chi connectivity index (χ3n) is 4.84. The molecule has 2 nitrogen and oxygen atoms in total. The number of rotatable bonds is 3. The Hall–Kier alpha value is -3.41. The summed E-state index contributed by atoms with van der Waals surface area (Å²) in [6, 6.07) is 9.62. The number of fused-ring (bicyclic) bond motifs is 2. The minimum Gasteiger partial charge on any atom is -0.455 e. The molecule has 0 atom stereocenters. The van der Waals surface area contributed by atoms with Crippen LogP contribution >= 0.6 is 0 Å². The summed E-state index contributed by atoms with van der Waals surface area (Å²) in [5.74, 6) is 18.8. The predicted octanol–water partition coefficient (Wildman–Crippen LogP) is 5.81. The molecule has 0 amide bonds. The summed E-state index contributed by atoms with van der Waals surface area (Å²) < 4.78 is 6.26. The van der Waals surface area contributed by atoms with Gasteiger partial charge in [-0.1, -0.05) is 50.7 Å². The first kappa shape index (κ1) is 21.3. The van der Waals surface area contributed by atoms with Crippen molar-refractivity contribution in [3.8, 4) is 35.5 Å². The van der Waals surface area contributed by atoms with Crippen LogP contribution in [0, 0.1) is 35.5 Å². The van der Waals surface area contributed by atoms with Gasteiger partial charge in [-0.25, -0.2) is 0 Å². The molecule has 3 rings (SSSR count). The van der Waals surface area contributed by atoms with E-state index in [0.29, 0.717) is 41.2 Å². The summed E-state index contributed by atoms with van der Waals surface area (Å²) in [6.07, 6.45) is 4.26. The molecule has 0 fully saturated rings. The normalized spacial score (nSPS) is 9.97. The molecular weight excluding hydrogens is 368 g/mol. The van der Waals surface area contributed by atoms with Crippen molar-refractivity contribution in [2.75, 3.05) is 0 Å². The van der Waals surface area contributed by atoms with Crippen molar-refractivity contribution in [1.29, 1.82) is 0 Å². The van der Waals surface area contributed by atoms with Crippen molar-refractivity contribution in [1.82, 2.24) is 0 Å². The molecule has 2 aromatic carbocycles. The molecule has 3 aromatic rings. The second-order valence-corrected chi connectivity index (χ2v) is 6.99. The maximum Gasteiger partial charge on any atom is 0.200 e. The molecule has 2 heteroatoms. The van der Waals surface area contributed by atoms with E-state index in [2.05, 4.69) is 35.5 Å². The molecule has 30 heavy (non-hydrogen) atoms. The van der Waals surface area contributed by atoms with E-state index in [4.69, 9.17) is 4.42 Å². The summed E-state index contributed by atoms with van der Waals surface area (Å²) in [5.41, 5.74) is 4.29. The van der Waals surface area contributed by atoms with Gasteiger partial charge in [0.05, 0.1) is 10.8 Å². The lowest BCUT2D eigenvalue weighted by atomic mass is 9.97. The van der Waals surface area contributed by atoms with E-state index < -0.39 is 0 Å². The molecular formula is C28H26O2. The highest BCUT2D eigenvalue weighted by Gasteiger charge is 2.14. The zero-order valence-electron chi connectivity index (χ0n) is 17.9. The Bertz CT molecular complexity index is 1310. The fourth-order valence-electron chi connectivity index (χ4n) is 3.38. The van der Waals surface area contributed by atoms with Gasteiger partial charge in [-0.15, -0.1) is 17.8 Å². The van der Waals surface area contributed by atoms with Crippen LogP contribution in [0.1, 0.15) is 56.7 Å². The van der Waals surface area contributed by atoms with Gasteiger partial charge in [0.2, 0.25) is 5.43 Å². The molecule has 0 bridgehead atoms. The van der Waals surface area contributed by atoms with Crippen LogP contribution in [0.4, 0.5) is 0 Å². The Kier molecular flexibility index (Phi) is 7.38. The van der Waals surface area contributed by atoms with Crippen LogP contribution in [0.25, 0.3) is 21.9 Å². The Morgan fingerprint density at radius 1 is 0.733 bits per heavy atom. The maximum absolute atomic E-state index is 13.3. The Morgan fingerprint density at radius 3 is 2.10 bits per heavy atom. The smallest absolute Gasteiger partial charge is 0.200 e. The summed E-state index contributed by atoms with van der Waals surface area (Å²) in [4.78, 5) is 13.3. The molecule has 0 N–H and O–H groups in total. The SMILES string of the molecule is CCC#CCc1ccc2oc3c(CC#CCC)c(CC#CCC)ccc3c(=O)c2c1. The average Bonchev–Trinajstić information content (AvgIpc) is 2.76. The van der Waals surface area contributed by atoms with Crippen LogP contribution in [-0.2, 0) is 19.3 Å². The Morgan fingerprint density at radius 2 is 1.40 bits per heavy atom. The van der Waals surface area contributed by atoms with Gasteiger partial charge in [0, 0.05) is 44.1 Å². The van der Waals surface area contributed by atoms with Gasteiger partial charge in [0.25, 0.3) is 0 Å². The summed E-state index contributed by atoms with van der Waals surface area (Å²) in [7, 11) is 0. The molecule has 1 aromatic heterocycles. The first-order chi connectivity index (χ1) is 14.7. The zero-order valence-corrected chi connectivity index (χ0v) is 17.9. The molecule has 0 saturated heterocycles. The second-order valence-electron chi connectivity index (χ2n) is 6.99. The number of hydrogen-bond donors (Lipinski definition) is 0. The highest BCUT2D eigenvalue weighted by Crippen LogP contribution is 2.26. The third-order valence-corrected chi connectivity index (χ3v) is 4.84. The quantitative estimate of drug-likeness (QED) is 0.414. The molecule has 0 saturated carbocycles. The molecule has 0 spiro atoms. The van der Waals surface area contributed by atoms with Crippen LogP contribution in [-0.4, -0.2) is 0 Å². The molecule has 0 aliphatic heterocycles. The minimum atomic E-state index is -0.00700. The van der Waals surface area contributed by atoms with Gasteiger partial charge < -0.3 is 4.42 Å². The van der Waals surface area contributed by atoms with Gasteiger partial charge in [0.1, 0.15) is 11.2 Å². The molecule has 0 unspecified atom stereocenters. The summed E-state index contributed by atoms with van der Waals surface area (Å²) in [5, 5.41) is 1.20. The highest BCUT2D eigenvalue weighted by atomic mass is 16.3. The van der Waals surface area contributed by atoms with Crippen molar-refractivity contribution in [3.63, 3.8) is 0 Å². The van der Waals surface area contributed by atoms with Crippen molar-refractivity contribution < 1.29 is 4.42 Å². The first-order valence-electron chi connectivity index (χ1n) is 10.6. The molecule has 1 heterocycles. The molecule has 0 aliphatic carbocycles. The van der Waals surface area contributed by atoms with Crippen LogP contribution < -0.4 is 5.43 Å².